The smallest absolute Gasteiger partial charge is 0.343 e. The molecule has 1 amide bonds. The fraction of sp³-hybridized carbons (Fsp3) is 0.350. The summed E-state index contributed by atoms with van der Waals surface area (Å²) in [5.41, 5.74) is 2.06. The minimum Gasteiger partial charge on any atom is -0.343 e. The van der Waals surface area contributed by atoms with Crippen LogP contribution in [-0.4, -0.2) is 38.4 Å². The van der Waals surface area contributed by atoms with Crippen molar-refractivity contribution in [1.29, 1.82) is 0 Å². The lowest BCUT2D eigenvalue weighted by molar-refractivity contribution is -0.123. The van der Waals surface area contributed by atoms with E-state index in [9.17, 15) is 26.4 Å². The quantitative estimate of drug-likeness (QED) is 0.793. The number of nitrogens with zero attached hydrogens (tertiary/aromatic N) is 1. The van der Waals surface area contributed by atoms with Crippen molar-refractivity contribution in [1.82, 2.24) is 9.62 Å². The Labute approximate surface area is 167 Å². The third-order valence-electron chi connectivity index (χ3n) is 5.02. The Bertz CT molecular complexity index is 989. The Hall–Kier alpha value is -2.39. The first-order chi connectivity index (χ1) is 13.6. The highest BCUT2D eigenvalue weighted by Crippen LogP contribution is 2.36. The summed E-state index contributed by atoms with van der Waals surface area (Å²) in [6.07, 6.45) is -2.04. The van der Waals surface area contributed by atoms with Crippen molar-refractivity contribution in [2.24, 2.45) is 0 Å². The molecule has 3 rings (SSSR count). The number of hydrogen-bond acceptors (Lipinski definition) is 3. The molecular weight excluding hydrogens is 405 g/mol. The third kappa shape index (κ3) is 4.79. The number of carbonyl (C=O) groups excluding carboxylic acids is 1. The molecule has 0 bridgehead atoms. The maximum absolute atomic E-state index is 13.1. The molecule has 1 aliphatic carbocycles. The van der Waals surface area contributed by atoms with Crippen LogP contribution in [0.3, 0.4) is 0 Å². The van der Waals surface area contributed by atoms with Crippen molar-refractivity contribution < 1.29 is 26.4 Å². The average Bonchev–Trinajstić information content (AvgIpc) is 2.70. The van der Waals surface area contributed by atoms with E-state index in [-0.39, 0.29) is 16.5 Å². The Kier molecular flexibility index (Phi) is 6.00. The van der Waals surface area contributed by atoms with Crippen molar-refractivity contribution in [3.05, 3.63) is 65.2 Å². The summed E-state index contributed by atoms with van der Waals surface area (Å²) >= 11 is 0. The number of fused-ring (bicyclic) bond motifs is 1. The molecule has 0 fully saturated rings. The maximum Gasteiger partial charge on any atom is 0.405 e. The van der Waals surface area contributed by atoms with Gasteiger partial charge in [-0.25, -0.2) is 8.42 Å². The number of aryl methyl sites for hydroxylation is 1. The van der Waals surface area contributed by atoms with Crippen LogP contribution < -0.4 is 5.32 Å². The molecule has 1 atom stereocenters. The average molecular weight is 426 g/mol. The van der Waals surface area contributed by atoms with E-state index in [1.807, 2.05) is 24.3 Å². The second-order valence-electron chi connectivity index (χ2n) is 6.95. The first-order valence-corrected chi connectivity index (χ1v) is 10.5. The Morgan fingerprint density at radius 1 is 1.14 bits per heavy atom. The van der Waals surface area contributed by atoms with Crippen molar-refractivity contribution in [3.8, 4) is 0 Å². The van der Waals surface area contributed by atoms with Gasteiger partial charge in [-0.05, 0) is 54.7 Å². The highest BCUT2D eigenvalue weighted by Gasteiger charge is 2.32. The minimum absolute atomic E-state index is 0.0181. The molecule has 156 valence electrons. The second-order valence-corrected chi connectivity index (χ2v) is 8.95. The number of hydrogen-bond donors (Lipinski definition) is 1. The van der Waals surface area contributed by atoms with Crippen LogP contribution in [0.15, 0.2) is 53.4 Å². The molecule has 0 unspecified atom stereocenters. The largest absolute Gasteiger partial charge is 0.405 e. The van der Waals surface area contributed by atoms with E-state index in [0.29, 0.717) is 6.42 Å². The molecule has 0 aliphatic heterocycles. The Morgan fingerprint density at radius 3 is 2.45 bits per heavy atom. The van der Waals surface area contributed by atoms with Crippen molar-refractivity contribution in [2.45, 2.75) is 36.4 Å². The van der Waals surface area contributed by atoms with Crippen LogP contribution in [0.4, 0.5) is 13.2 Å². The zero-order chi connectivity index (χ0) is 21.2. The van der Waals surface area contributed by atoms with Gasteiger partial charge in [0, 0.05) is 18.7 Å². The summed E-state index contributed by atoms with van der Waals surface area (Å²) in [4.78, 5) is 11.8. The molecule has 0 aromatic heterocycles. The number of rotatable bonds is 5. The topological polar surface area (TPSA) is 66.5 Å². The van der Waals surface area contributed by atoms with Gasteiger partial charge in [0.25, 0.3) is 5.91 Å². The number of sulfonamides is 1. The fourth-order valence-electron chi connectivity index (χ4n) is 3.50. The zero-order valence-corrected chi connectivity index (χ0v) is 16.6. The van der Waals surface area contributed by atoms with Gasteiger partial charge < -0.3 is 5.32 Å². The minimum atomic E-state index is -4.52. The van der Waals surface area contributed by atoms with E-state index in [2.05, 4.69) is 0 Å². The first-order valence-electron chi connectivity index (χ1n) is 9.10. The molecule has 0 heterocycles. The molecule has 2 aromatic rings. The van der Waals surface area contributed by atoms with Crippen LogP contribution >= 0.6 is 0 Å². The van der Waals surface area contributed by atoms with Crippen LogP contribution in [0.5, 0.6) is 0 Å². The number of alkyl halides is 3. The molecule has 5 nitrogen and oxygen atoms in total. The Morgan fingerprint density at radius 2 is 1.79 bits per heavy atom. The van der Waals surface area contributed by atoms with Gasteiger partial charge in [-0.3, -0.25) is 4.79 Å². The van der Waals surface area contributed by atoms with E-state index in [1.165, 1.54) is 35.6 Å². The van der Waals surface area contributed by atoms with Gasteiger partial charge >= 0.3 is 6.18 Å². The molecule has 2 aromatic carbocycles. The van der Waals surface area contributed by atoms with Gasteiger partial charge in [0.05, 0.1) is 4.90 Å². The van der Waals surface area contributed by atoms with E-state index in [0.717, 1.165) is 24.0 Å². The van der Waals surface area contributed by atoms with Crippen LogP contribution in [0.1, 0.15) is 40.4 Å². The molecule has 0 spiro atoms. The number of benzene rings is 2. The van der Waals surface area contributed by atoms with Crippen LogP contribution in [0.25, 0.3) is 0 Å². The predicted octanol–water partition coefficient (Wildman–Crippen LogP) is 3.68. The van der Waals surface area contributed by atoms with Gasteiger partial charge in [0.15, 0.2) is 0 Å². The van der Waals surface area contributed by atoms with Gasteiger partial charge in [-0.2, -0.15) is 17.5 Å². The molecule has 1 aliphatic rings. The van der Waals surface area contributed by atoms with Crippen molar-refractivity contribution >= 4 is 15.9 Å². The fourth-order valence-corrected chi connectivity index (χ4v) is 4.87. The van der Waals surface area contributed by atoms with Crippen molar-refractivity contribution in [2.75, 3.05) is 13.6 Å². The normalized spacial score (nSPS) is 17.1. The van der Waals surface area contributed by atoms with Crippen LogP contribution in [0.2, 0.25) is 0 Å². The molecule has 0 radical (unpaired) electrons. The summed E-state index contributed by atoms with van der Waals surface area (Å²) in [6.45, 7) is -1.45. The predicted molar refractivity (Wildman–Crippen MR) is 102 cm³/mol. The number of halogens is 3. The summed E-state index contributed by atoms with van der Waals surface area (Å²) in [6, 6.07) is 12.3. The number of nitrogens with one attached hydrogen (secondary N) is 1. The summed E-state index contributed by atoms with van der Waals surface area (Å²) < 4.78 is 64.1. The summed E-state index contributed by atoms with van der Waals surface area (Å²) in [7, 11) is -2.32. The lowest BCUT2D eigenvalue weighted by Gasteiger charge is -2.32. The number of amides is 1. The second kappa shape index (κ2) is 8.16. The zero-order valence-electron chi connectivity index (χ0n) is 15.7. The molecule has 0 saturated carbocycles. The van der Waals surface area contributed by atoms with Gasteiger partial charge in [0.2, 0.25) is 10.0 Å². The van der Waals surface area contributed by atoms with Gasteiger partial charge in [-0.15, -0.1) is 0 Å². The summed E-state index contributed by atoms with van der Waals surface area (Å²) in [5, 5.41) is 1.76. The third-order valence-corrected chi connectivity index (χ3v) is 6.90. The van der Waals surface area contributed by atoms with E-state index in [4.69, 9.17) is 0 Å². The molecule has 29 heavy (non-hydrogen) atoms. The maximum atomic E-state index is 13.1. The lowest BCUT2D eigenvalue weighted by Crippen LogP contribution is -2.34. The number of carbonyl (C=O) groups is 1. The molecule has 0 saturated heterocycles. The van der Waals surface area contributed by atoms with E-state index >= 15 is 0 Å². The molecule has 1 N–H and O–H groups in total. The van der Waals surface area contributed by atoms with Crippen LogP contribution in [0, 0.1) is 0 Å². The molecular formula is C20H21F3N2O3S. The monoisotopic (exact) mass is 426 g/mol. The highest BCUT2D eigenvalue weighted by molar-refractivity contribution is 7.89. The van der Waals surface area contributed by atoms with Crippen molar-refractivity contribution in [3.63, 3.8) is 0 Å². The highest BCUT2D eigenvalue weighted by atomic mass is 32.2. The van der Waals surface area contributed by atoms with Gasteiger partial charge in [-0.1, -0.05) is 24.3 Å². The SMILES string of the molecule is CN([C@@H]1CCCc2ccccc21)S(=O)(=O)c1ccc(C(=O)NCC(F)(F)F)cc1. The lowest BCUT2D eigenvalue weighted by atomic mass is 9.88. The standard InChI is InChI=1S/C20H21F3N2O3S/c1-25(18-8-4-6-14-5-2-3-7-17(14)18)29(27,28)16-11-9-15(10-12-16)19(26)24-13-20(21,22)23/h2-3,5,7,9-12,18H,4,6,8,13H2,1H3,(H,24,26)/t18-/m1/s1. The van der Waals surface area contributed by atoms with E-state index < -0.39 is 28.7 Å². The molecule has 9 heteroatoms. The summed E-state index contributed by atoms with van der Waals surface area (Å²) in [5.74, 6) is -0.916. The van der Waals surface area contributed by atoms with E-state index in [1.54, 1.807) is 5.32 Å². The van der Waals surface area contributed by atoms with Gasteiger partial charge in [0.1, 0.15) is 6.54 Å². The first kappa shape index (κ1) is 21.3. The van der Waals surface area contributed by atoms with Crippen LogP contribution in [-0.2, 0) is 16.4 Å². The Balaban J connectivity index is 1.79.